The number of pyridine rings is 1. The number of carbonyl (C=O) groups excluding carboxylic acids is 1. The predicted molar refractivity (Wildman–Crippen MR) is 144 cm³/mol. The first-order valence-corrected chi connectivity index (χ1v) is 12.6. The lowest BCUT2D eigenvalue weighted by Gasteiger charge is -2.20. The number of nitrogens with zero attached hydrogens (tertiary/aromatic N) is 4. The number of imidazole rings is 1. The SMILES string of the molecule is Cc1c(-c2ccc(CC(NC(=O)c3c(F)cc(NC(C)C(F)(F)F)cc3F)C(=O)O)n3ccnc23)c(=O)n(C)c(=O)n1C. The normalized spacial score (nSPS) is 13.1. The van der Waals surface area contributed by atoms with E-state index in [0.717, 1.165) is 11.5 Å². The molecule has 3 heterocycles. The minimum absolute atomic E-state index is 0.184. The van der Waals surface area contributed by atoms with Gasteiger partial charge in [-0.2, -0.15) is 13.2 Å². The Morgan fingerprint density at radius 2 is 1.70 bits per heavy atom. The van der Waals surface area contributed by atoms with Crippen LogP contribution in [0, 0.1) is 18.6 Å². The van der Waals surface area contributed by atoms with Crippen LogP contribution < -0.4 is 21.9 Å². The van der Waals surface area contributed by atoms with E-state index in [0.29, 0.717) is 23.4 Å². The molecule has 0 aliphatic rings. The van der Waals surface area contributed by atoms with Crippen LogP contribution in [0.1, 0.15) is 28.7 Å². The number of alkyl halides is 3. The number of rotatable bonds is 8. The molecule has 0 bridgehead atoms. The highest BCUT2D eigenvalue weighted by molar-refractivity contribution is 5.97. The lowest BCUT2D eigenvalue weighted by molar-refractivity contribution is -0.139. The number of carbonyl (C=O) groups is 2. The van der Waals surface area contributed by atoms with Gasteiger partial charge < -0.3 is 24.7 Å². The van der Waals surface area contributed by atoms with Gasteiger partial charge in [-0.15, -0.1) is 0 Å². The maximum absolute atomic E-state index is 14.7. The molecule has 4 aromatic rings. The predicted octanol–water partition coefficient (Wildman–Crippen LogP) is 2.77. The van der Waals surface area contributed by atoms with Crippen molar-refractivity contribution in [3.8, 4) is 11.1 Å². The number of hydrogen-bond donors (Lipinski definition) is 3. The first-order valence-electron chi connectivity index (χ1n) is 12.6. The lowest BCUT2D eigenvalue weighted by atomic mass is 10.0. The summed E-state index contributed by atoms with van der Waals surface area (Å²) in [5, 5.41) is 13.7. The molecule has 0 saturated carbocycles. The number of aliphatic carboxylic acids is 1. The third kappa shape index (κ3) is 5.85. The van der Waals surface area contributed by atoms with Crippen LogP contribution in [0.5, 0.6) is 0 Å². The minimum atomic E-state index is -4.70. The van der Waals surface area contributed by atoms with Crippen molar-refractivity contribution in [3.05, 3.63) is 86.1 Å². The second-order valence-electron chi connectivity index (χ2n) is 9.82. The monoisotopic (exact) mass is 608 g/mol. The zero-order valence-corrected chi connectivity index (χ0v) is 23.1. The molecule has 2 atom stereocenters. The summed E-state index contributed by atoms with van der Waals surface area (Å²) in [5.74, 6) is -6.00. The van der Waals surface area contributed by atoms with Gasteiger partial charge in [-0.25, -0.2) is 23.4 Å². The quantitative estimate of drug-likeness (QED) is 0.262. The molecule has 0 aliphatic carbocycles. The highest BCUT2D eigenvalue weighted by atomic mass is 19.4. The van der Waals surface area contributed by atoms with Crippen LogP contribution >= 0.6 is 0 Å². The molecule has 228 valence electrons. The molecule has 0 radical (unpaired) electrons. The number of aromatic nitrogens is 4. The largest absolute Gasteiger partial charge is 0.480 e. The van der Waals surface area contributed by atoms with Crippen molar-refractivity contribution in [1.82, 2.24) is 23.8 Å². The van der Waals surface area contributed by atoms with Gasteiger partial charge in [0.1, 0.15) is 34.9 Å². The maximum Gasteiger partial charge on any atom is 0.408 e. The Hall–Kier alpha value is -5.02. The Balaban J connectivity index is 1.65. The van der Waals surface area contributed by atoms with Crippen molar-refractivity contribution in [3.63, 3.8) is 0 Å². The summed E-state index contributed by atoms with van der Waals surface area (Å²) in [6.07, 6.45) is -2.24. The van der Waals surface area contributed by atoms with Crippen molar-refractivity contribution in [1.29, 1.82) is 0 Å². The van der Waals surface area contributed by atoms with E-state index < -0.39 is 70.7 Å². The van der Waals surface area contributed by atoms with Crippen LogP contribution in [0.4, 0.5) is 27.6 Å². The van der Waals surface area contributed by atoms with Gasteiger partial charge in [0, 0.05) is 55.5 Å². The highest BCUT2D eigenvalue weighted by Gasteiger charge is 2.36. The van der Waals surface area contributed by atoms with Gasteiger partial charge in [0.15, 0.2) is 0 Å². The summed E-state index contributed by atoms with van der Waals surface area (Å²) >= 11 is 0. The molecule has 2 unspecified atom stereocenters. The Labute approximate surface area is 239 Å². The van der Waals surface area contributed by atoms with Crippen molar-refractivity contribution < 1.29 is 36.6 Å². The van der Waals surface area contributed by atoms with Gasteiger partial charge in [0.2, 0.25) is 0 Å². The summed E-state index contributed by atoms with van der Waals surface area (Å²) in [6.45, 7) is 2.32. The van der Waals surface area contributed by atoms with Gasteiger partial charge in [-0.3, -0.25) is 14.2 Å². The topological polar surface area (TPSA) is 140 Å². The Kier molecular flexibility index (Phi) is 8.15. The average molecular weight is 609 g/mol. The molecular weight excluding hydrogens is 583 g/mol. The molecule has 0 saturated heterocycles. The number of carboxylic acid groups (broad SMARTS) is 1. The molecule has 4 rings (SSSR count). The molecule has 1 amide bonds. The van der Waals surface area contributed by atoms with E-state index >= 15 is 0 Å². The zero-order chi connectivity index (χ0) is 32.0. The Bertz CT molecular complexity index is 1850. The standard InChI is InChI=1S/C27H25F5N6O5/c1-12-20(24(40)37(4)26(43)36(12)3)16-6-5-15(38-8-7-33-22(16)38)11-19(25(41)42)35-23(39)21-17(28)9-14(10-18(21)29)34-13(2)27(30,31)32/h5-10,13,19,34H,11H2,1-4H3,(H,35,39)(H,41,42). The smallest absolute Gasteiger partial charge is 0.408 e. The number of hydrogen-bond acceptors (Lipinski definition) is 6. The summed E-state index contributed by atoms with van der Waals surface area (Å²) < 4.78 is 71.5. The maximum atomic E-state index is 14.7. The fraction of sp³-hybridized carbons (Fsp3) is 0.296. The molecule has 1 aromatic carbocycles. The summed E-state index contributed by atoms with van der Waals surface area (Å²) in [4.78, 5) is 54.4. The number of halogens is 5. The highest BCUT2D eigenvalue weighted by Crippen LogP contribution is 2.27. The van der Waals surface area contributed by atoms with E-state index in [4.69, 9.17) is 0 Å². The second kappa shape index (κ2) is 11.3. The summed E-state index contributed by atoms with van der Waals surface area (Å²) in [7, 11) is 2.82. The second-order valence-corrected chi connectivity index (χ2v) is 9.82. The molecule has 0 fully saturated rings. The van der Waals surface area contributed by atoms with Crippen molar-refractivity contribution in [2.75, 3.05) is 5.32 Å². The van der Waals surface area contributed by atoms with Crippen LogP contribution in [-0.4, -0.2) is 53.8 Å². The molecule has 3 aromatic heterocycles. The molecule has 0 spiro atoms. The van der Waals surface area contributed by atoms with Gasteiger partial charge in [-0.1, -0.05) is 0 Å². The van der Waals surface area contributed by atoms with Crippen LogP contribution in [0.15, 0.2) is 46.2 Å². The molecule has 11 nitrogen and oxygen atoms in total. The van der Waals surface area contributed by atoms with Gasteiger partial charge in [0.05, 0.1) is 5.56 Å². The lowest BCUT2D eigenvalue weighted by Crippen LogP contribution is -2.43. The zero-order valence-electron chi connectivity index (χ0n) is 23.1. The Morgan fingerprint density at radius 1 is 1.07 bits per heavy atom. The number of carboxylic acids is 1. The van der Waals surface area contributed by atoms with E-state index in [2.05, 4.69) is 4.98 Å². The van der Waals surface area contributed by atoms with E-state index in [-0.39, 0.29) is 16.9 Å². The number of fused-ring (bicyclic) bond motifs is 1. The number of nitrogens with one attached hydrogen (secondary N) is 2. The molecule has 43 heavy (non-hydrogen) atoms. The minimum Gasteiger partial charge on any atom is -0.480 e. The van der Waals surface area contributed by atoms with Crippen molar-refractivity contribution in [2.45, 2.75) is 38.5 Å². The third-order valence-corrected chi connectivity index (χ3v) is 7.02. The van der Waals surface area contributed by atoms with E-state index in [1.807, 2.05) is 10.6 Å². The van der Waals surface area contributed by atoms with Crippen LogP contribution in [0.3, 0.4) is 0 Å². The van der Waals surface area contributed by atoms with E-state index in [1.54, 1.807) is 6.92 Å². The number of anilines is 1. The summed E-state index contributed by atoms with van der Waals surface area (Å²) in [5.41, 5.74) is -1.45. The molecule has 3 N–H and O–H groups in total. The fourth-order valence-corrected chi connectivity index (χ4v) is 4.53. The van der Waals surface area contributed by atoms with E-state index in [9.17, 15) is 46.2 Å². The van der Waals surface area contributed by atoms with E-state index in [1.165, 1.54) is 47.6 Å². The molecular formula is C27H25F5N6O5. The van der Waals surface area contributed by atoms with Crippen molar-refractivity contribution in [2.24, 2.45) is 14.1 Å². The third-order valence-electron chi connectivity index (χ3n) is 7.02. The van der Waals surface area contributed by atoms with Crippen LogP contribution in [0.25, 0.3) is 16.8 Å². The number of amides is 1. The van der Waals surface area contributed by atoms with Crippen molar-refractivity contribution >= 4 is 23.2 Å². The average Bonchev–Trinajstić information content (AvgIpc) is 3.41. The van der Waals surface area contributed by atoms with Gasteiger partial charge >= 0.3 is 17.8 Å². The Morgan fingerprint density at radius 3 is 2.28 bits per heavy atom. The summed E-state index contributed by atoms with van der Waals surface area (Å²) in [6, 6.07) is 0.108. The molecule has 0 aliphatic heterocycles. The first kappa shape index (κ1) is 30.9. The van der Waals surface area contributed by atoms with Crippen LogP contribution in [0.2, 0.25) is 0 Å². The first-order chi connectivity index (χ1) is 20.0. The number of benzene rings is 1. The molecule has 16 heteroatoms. The van der Waals surface area contributed by atoms with Gasteiger partial charge in [-0.05, 0) is 38.1 Å². The van der Waals surface area contributed by atoms with Crippen LogP contribution in [-0.2, 0) is 25.3 Å². The fourth-order valence-electron chi connectivity index (χ4n) is 4.53. The van der Waals surface area contributed by atoms with Gasteiger partial charge in [0.25, 0.3) is 11.5 Å².